The number of carbonyl (C=O) groups is 3. The topological polar surface area (TPSA) is 75.7 Å². The van der Waals surface area contributed by atoms with E-state index in [0.717, 1.165) is 16.8 Å². The first-order valence-corrected chi connectivity index (χ1v) is 12.7. The molecular weight excluding hydrogens is 464 g/mol. The average molecular weight is 495 g/mol. The van der Waals surface area contributed by atoms with Gasteiger partial charge in [-0.05, 0) is 55.2 Å². The van der Waals surface area contributed by atoms with Gasteiger partial charge in [0.2, 0.25) is 11.8 Å². The number of amides is 2. The van der Waals surface area contributed by atoms with Crippen molar-refractivity contribution in [3.8, 4) is 5.75 Å². The minimum atomic E-state index is -0.357. The highest BCUT2D eigenvalue weighted by Crippen LogP contribution is 2.48. The van der Waals surface area contributed by atoms with E-state index in [-0.39, 0.29) is 35.9 Å². The smallest absolute Gasteiger partial charge is 0.232 e. The number of para-hydroxylation sites is 1. The van der Waals surface area contributed by atoms with Crippen molar-refractivity contribution >= 4 is 29.0 Å². The quantitative estimate of drug-likeness (QED) is 0.458. The number of rotatable bonds is 6. The Bertz CT molecular complexity index is 1360. The van der Waals surface area contributed by atoms with Crippen molar-refractivity contribution in [3.05, 3.63) is 101 Å². The molecule has 0 saturated carbocycles. The molecule has 6 nitrogen and oxygen atoms in total. The van der Waals surface area contributed by atoms with Crippen LogP contribution in [0, 0.1) is 0 Å². The van der Waals surface area contributed by atoms with Crippen LogP contribution in [0.25, 0.3) is 0 Å². The van der Waals surface area contributed by atoms with Crippen LogP contribution in [0.1, 0.15) is 56.1 Å². The summed E-state index contributed by atoms with van der Waals surface area (Å²) in [7, 11) is 0. The number of anilines is 2. The zero-order valence-electron chi connectivity index (χ0n) is 21.1. The summed E-state index contributed by atoms with van der Waals surface area (Å²) in [6.07, 6.45) is 1.16. The number of nitrogens with zero attached hydrogens (tertiary/aromatic N) is 1. The number of nitrogens with one attached hydrogen (secondary N) is 1. The van der Waals surface area contributed by atoms with Crippen molar-refractivity contribution in [1.82, 2.24) is 0 Å². The van der Waals surface area contributed by atoms with Gasteiger partial charge < -0.3 is 10.1 Å². The fourth-order valence-corrected chi connectivity index (χ4v) is 5.51. The molecule has 2 amide bonds. The highest BCUT2D eigenvalue weighted by molar-refractivity contribution is 6.08. The number of hydrogen-bond acceptors (Lipinski definition) is 4. The van der Waals surface area contributed by atoms with Crippen LogP contribution in [0.3, 0.4) is 0 Å². The third-order valence-corrected chi connectivity index (χ3v) is 7.04. The molecule has 0 radical (unpaired) electrons. The lowest BCUT2D eigenvalue weighted by molar-refractivity contribution is -0.120. The minimum absolute atomic E-state index is 0.0118. The van der Waals surface area contributed by atoms with E-state index in [9.17, 15) is 14.4 Å². The summed E-state index contributed by atoms with van der Waals surface area (Å²) in [6, 6.07) is 24.9. The number of ether oxygens (including phenoxy) is 1. The average Bonchev–Trinajstić information content (AvgIpc) is 2.89. The first-order chi connectivity index (χ1) is 18.0. The van der Waals surface area contributed by atoms with Crippen LogP contribution in [-0.4, -0.2) is 24.2 Å². The van der Waals surface area contributed by atoms with Crippen LogP contribution in [0.2, 0.25) is 0 Å². The SMILES string of the molecule is CCOc1ccccc1C1CC(=O)N(c2ccc(NC(C)=O)cc2)C2=C1C(=O)CC(c1ccccc1)C2. The molecule has 6 heteroatoms. The van der Waals surface area contributed by atoms with Crippen LogP contribution in [0.5, 0.6) is 5.75 Å². The molecule has 5 rings (SSSR count). The number of hydrogen-bond donors (Lipinski definition) is 1. The maximum Gasteiger partial charge on any atom is 0.232 e. The molecule has 0 bridgehead atoms. The molecule has 1 aliphatic heterocycles. The second-order valence-corrected chi connectivity index (χ2v) is 9.48. The molecule has 0 saturated heterocycles. The molecule has 0 fully saturated rings. The van der Waals surface area contributed by atoms with Gasteiger partial charge in [-0.15, -0.1) is 0 Å². The Kier molecular flexibility index (Phi) is 6.91. The van der Waals surface area contributed by atoms with Crippen LogP contribution >= 0.6 is 0 Å². The molecule has 37 heavy (non-hydrogen) atoms. The fourth-order valence-electron chi connectivity index (χ4n) is 5.51. The van der Waals surface area contributed by atoms with E-state index in [1.807, 2.05) is 73.7 Å². The number of Topliss-reactive ketones (excluding diaryl/α,β-unsaturated/α-hetero) is 1. The summed E-state index contributed by atoms with van der Waals surface area (Å²) in [6.45, 7) is 3.88. The van der Waals surface area contributed by atoms with E-state index in [0.29, 0.717) is 42.1 Å². The summed E-state index contributed by atoms with van der Waals surface area (Å²) in [5.74, 6) is 0.182. The molecule has 2 aliphatic rings. The number of ketones is 1. The van der Waals surface area contributed by atoms with E-state index in [1.165, 1.54) is 6.92 Å². The molecule has 0 spiro atoms. The summed E-state index contributed by atoms with van der Waals surface area (Å²) < 4.78 is 5.89. The van der Waals surface area contributed by atoms with Gasteiger partial charge in [0.15, 0.2) is 5.78 Å². The molecular formula is C31H30N2O4. The van der Waals surface area contributed by atoms with Crippen LogP contribution in [0.4, 0.5) is 11.4 Å². The summed E-state index contributed by atoms with van der Waals surface area (Å²) in [4.78, 5) is 40.8. The Hall–Kier alpha value is -4.19. The largest absolute Gasteiger partial charge is 0.494 e. The zero-order chi connectivity index (χ0) is 25.9. The third kappa shape index (κ3) is 4.92. The first-order valence-electron chi connectivity index (χ1n) is 12.7. The van der Waals surface area contributed by atoms with Crippen LogP contribution in [0.15, 0.2) is 90.1 Å². The molecule has 1 heterocycles. The van der Waals surface area contributed by atoms with Crippen molar-refractivity contribution in [1.29, 1.82) is 0 Å². The van der Waals surface area contributed by atoms with E-state index >= 15 is 0 Å². The predicted octanol–water partition coefficient (Wildman–Crippen LogP) is 5.97. The van der Waals surface area contributed by atoms with Gasteiger partial charge in [-0.3, -0.25) is 19.3 Å². The van der Waals surface area contributed by atoms with E-state index in [4.69, 9.17) is 4.74 Å². The number of benzene rings is 3. The lowest BCUT2D eigenvalue weighted by atomic mass is 9.72. The molecule has 1 N–H and O–H groups in total. The highest BCUT2D eigenvalue weighted by atomic mass is 16.5. The Morgan fingerprint density at radius 1 is 0.919 bits per heavy atom. The molecule has 1 aliphatic carbocycles. The summed E-state index contributed by atoms with van der Waals surface area (Å²) in [5, 5.41) is 2.76. The van der Waals surface area contributed by atoms with Crippen molar-refractivity contribution < 1.29 is 19.1 Å². The third-order valence-electron chi connectivity index (χ3n) is 7.04. The van der Waals surface area contributed by atoms with Crippen LogP contribution < -0.4 is 15.0 Å². The Labute approximate surface area is 216 Å². The molecule has 188 valence electrons. The monoisotopic (exact) mass is 494 g/mol. The second-order valence-electron chi connectivity index (χ2n) is 9.48. The molecule has 3 aromatic rings. The maximum atomic E-state index is 13.8. The van der Waals surface area contributed by atoms with Crippen molar-refractivity contribution in [3.63, 3.8) is 0 Å². The normalized spacial score (nSPS) is 19.5. The lowest BCUT2D eigenvalue weighted by Crippen LogP contribution is -2.41. The minimum Gasteiger partial charge on any atom is -0.494 e. The maximum absolute atomic E-state index is 13.8. The van der Waals surface area contributed by atoms with Gasteiger partial charge in [-0.2, -0.15) is 0 Å². The van der Waals surface area contributed by atoms with Gasteiger partial charge >= 0.3 is 0 Å². The van der Waals surface area contributed by atoms with Crippen molar-refractivity contribution in [2.45, 2.75) is 44.9 Å². The predicted molar refractivity (Wildman–Crippen MR) is 144 cm³/mol. The Morgan fingerprint density at radius 2 is 1.62 bits per heavy atom. The highest BCUT2D eigenvalue weighted by Gasteiger charge is 2.43. The molecule has 2 unspecified atom stereocenters. The van der Waals surface area contributed by atoms with Crippen LogP contribution in [-0.2, 0) is 14.4 Å². The van der Waals surface area contributed by atoms with E-state index in [1.54, 1.807) is 17.0 Å². The standard InChI is InChI=1S/C31H30N2O4/c1-3-37-29-12-8-7-11-25(29)26-19-30(36)33(24-15-13-23(14-16-24)32-20(2)34)27-17-22(18-28(35)31(26)27)21-9-5-4-6-10-21/h4-16,22,26H,3,17-19H2,1-2H3,(H,32,34). The van der Waals surface area contributed by atoms with Gasteiger partial charge in [0.1, 0.15) is 5.75 Å². The van der Waals surface area contributed by atoms with Crippen molar-refractivity contribution in [2.24, 2.45) is 0 Å². The van der Waals surface area contributed by atoms with Gasteiger partial charge in [0.25, 0.3) is 0 Å². The fraction of sp³-hybridized carbons (Fsp3) is 0.258. The van der Waals surface area contributed by atoms with E-state index < -0.39 is 0 Å². The summed E-state index contributed by atoms with van der Waals surface area (Å²) in [5.41, 5.74) is 4.75. The van der Waals surface area contributed by atoms with Crippen molar-refractivity contribution in [2.75, 3.05) is 16.8 Å². The second kappa shape index (κ2) is 10.4. The molecule has 2 atom stereocenters. The molecule has 0 aromatic heterocycles. The van der Waals surface area contributed by atoms with E-state index in [2.05, 4.69) is 5.32 Å². The first kappa shape index (κ1) is 24.5. The Morgan fingerprint density at radius 3 is 2.32 bits per heavy atom. The van der Waals surface area contributed by atoms with Gasteiger partial charge in [-0.25, -0.2) is 0 Å². The van der Waals surface area contributed by atoms with Gasteiger partial charge in [0, 0.05) is 53.9 Å². The molecule has 3 aromatic carbocycles. The lowest BCUT2D eigenvalue weighted by Gasteiger charge is -2.40. The summed E-state index contributed by atoms with van der Waals surface area (Å²) >= 11 is 0. The zero-order valence-corrected chi connectivity index (χ0v) is 21.1. The Balaban J connectivity index is 1.62. The van der Waals surface area contributed by atoms with Gasteiger partial charge in [0.05, 0.1) is 6.61 Å². The number of allylic oxidation sites excluding steroid dienone is 2. The van der Waals surface area contributed by atoms with Gasteiger partial charge in [-0.1, -0.05) is 48.5 Å². The number of carbonyl (C=O) groups excluding carboxylic acids is 3.